The van der Waals surface area contributed by atoms with Gasteiger partial charge in [-0.2, -0.15) is 0 Å². The maximum absolute atomic E-state index is 12.2. The molecular formula is C20H20O3. The number of Topliss-reactive ketones (excluding diaryl/α,β-unsaturated/α-hetero) is 1. The summed E-state index contributed by atoms with van der Waals surface area (Å²) in [5, 5.41) is 0. The Labute approximate surface area is 136 Å². The highest BCUT2D eigenvalue weighted by Gasteiger charge is 2.31. The second kappa shape index (κ2) is 5.65. The summed E-state index contributed by atoms with van der Waals surface area (Å²) in [5.74, 6) is -0.265. The van der Waals surface area contributed by atoms with Crippen LogP contribution in [0.4, 0.5) is 0 Å². The number of ether oxygens (including phenoxy) is 1. The molecule has 0 bridgehead atoms. The molecule has 2 aliphatic rings. The van der Waals surface area contributed by atoms with Crippen molar-refractivity contribution in [2.75, 3.05) is 0 Å². The van der Waals surface area contributed by atoms with Crippen LogP contribution in [0.2, 0.25) is 0 Å². The van der Waals surface area contributed by atoms with E-state index in [0.29, 0.717) is 16.9 Å². The molecule has 1 aliphatic carbocycles. The van der Waals surface area contributed by atoms with Crippen LogP contribution >= 0.6 is 0 Å². The Morgan fingerprint density at radius 3 is 2.70 bits per heavy atom. The van der Waals surface area contributed by atoms with Crippen molar-refractivity contribution in [2.24, 2.45) is 0 Å². The maximum atomic E-state index is 12.2. The molecular weight excluding hydrogens is 288 g/mol. The van der Waals surface area contributed by atoms with Gasteiger partial charge in [-0.15, -0.1) is 0 Å². The second-order valence-corrected chi connectivity index (χ2v) is 6.54. The summed E-state index contributed by atoms with van der Waals surface area (Å²) in [4.78, 5) is 23.9. The lowest BCUT2D eigenvalue weighted by atomic mass is 9.87. The van der Waals surface area contributed by atoms with Crippen molar-refractivity contribution in [3.05, 3.63) is 52.6 Å². The lowest BCUT2D eigenvalue weighted by Gasteiger charge is -2.32. The van der Waals surface area contributed by atoms with Crippen molar-refractivity contribution in [1.82, 2.24) is 0 Å². The van der Waals surface area contributed by atoms with E-state index in [-0.39, 0.29) is 0 Å². The molecule has 1 heterocycles. The molecule has 3 rings (SSSR count). The normalized spacial score (nSPS) is 21.5. The van der Waals surface area contributed by atoms with Crippen LogP contribution in [-0.4, -0.2) is 17.2 Å². The fraction of sp³-hybridized carbons (Fsp3) is 0.300. The lowest BCUT2D eigenvalue weighted by molar-refractivity contribution is -0.110. The zero-order chi connectivity index (χ0) is 16.6. The van der Waals surface area contributed by atoms with E-state index in [1.807, 2.05) is 31.2 Å². The van der Waals surface area contributed by atoms with Gasteiger partial charge >= 0.3 is 0 Å². The lowest BCUT2D eigenvalue weighted by Crippen LogP contribution is -2.32. The molecule has 0 aromatic heterocycles. The highest BCUT2D eigenvalue weighted by Crippen LogP contribution is 2.38. The third-order valence-electron chi connectivity index (χ3n) is 4.24. The number of fused-ring (bicyclic) bond motifs is 3. The number of carbonyl (C=O) groups is 2. The summed E-state index contributed by atoms with van der Waals surface area (Å²) < 4.78 is 6.15. The molecule has 0 amide bonds. The minimum atomic E-state index is -0.476. The summed E-state index contributed by atoms with van der Waals surface area (Å²) in [6.07, 6.45) is 10.9. The van der Waals surface area contributed by atoms with Gasteiger partial charge in [0.2, 0.25) is 11.6 Å². The predicted molar refractivity (Wildman–Crippen MR) is 91.5 cm³/mol. The van der Waals surface area contributed by atoms with E-state index in [2.05, 4.69) is 19.9 Å². The molecule has 0 spiro atoms. The van der Waals surface area contributed by atoms with Crippen LogP contribution < -0.4 is 4.74 Å². The molecule has 0 fully saturated rings. The average Bonchev–Trinajstić information content (AvgIpc) is 2.50. The number of carbonyl (C=O) groups excluding carboxylic acids is 2. The SMILES string of the molecule is CC(C)=CCCC1(C)C=Cc2c(ccc3c2C(=O)C(=O)C=C3)O1. The monoisotopic (exact) mass is 308 g/mol. The quantitative estimate of drug-likeness (QED) is 0.615. The summed E-state index contributed by atoms with van der Waals surface area (Å²) in [5.41, 5.74) is 2.83. The Hall–Kier alpha value is -2.42. The van der Waals surface area contributed by atoms with Crippen molar-refractivity contribution in [2.45, 2.75) is 39.2 Å². The van der Waals surface area contributed by atoms with Crippen LogP contribution in [0.3, 0.4) is 0 Å². The molecule has 1 atom stereocenters. The molecule has 0 radical (unpaired) electrons. The van der Waals surface area contributed by atoms with Gasteiger partial charge in [0, 0.05) is 11.1 Å². The molecule has 0 N–H and O–H groups in total. The third-order valence-corrected chi connectivity index (χ3v) is 4.24. The largest absolute Gasteiger partial charge is 0.483 e. The van der Waals surface area contributed by atoms with E-state index < -0.39 is 17.2 Å². The first kappa shape index (κ1) is 15.5. The predicted octanol–water partition coefficient (Wildman–Crippen LogP) is 4.38. The van der Waals surface area contributed by atoms with Gasteiger partial charge in [-0.1, -0.05) is 29.9 Å². The van der Waals surface area contributed by atoms with Crippen molar-refractivity contribution < 1.29 is 14.3 Å². The number of ketones is 2. The summed E-state index contributed by atoms with van der Waals surface area (Å²) in [6, 6.07) is 3.72. The Bertz CT molecular complexity index is 776. The fourth-order valence-electron chi connectivity index (χ4n) is 2.96. The Morgan fingerprint density at radius 2 is 1.96 bits per heavy atom. The van der Waals surface area contributed by atoms with E-state index in [1.54, 1.807) is 6.08 Å². The molecule has 1 aliphatic heterocycles. The highest BCUT2D eigenvalue weighted by atomic mass is 16.5. The Morgan fingerprint density at radius 1 is 1.17 bits per heavy atom. The first-order chi connectivity index (χ1) is 10.9. The highest BCUT2D eigenvalue weighted by molar-refractivity contribution is 6.50. The van der Waals surface area contributed by atoms with Crippen LogP contribution in [0, 0.1) is 0 Å². The van der Waals surface area contributed by atoms with Crippen LogP contribution in [0.1, 0.15) is 55.1 Å². The van der Waals surface area contributed by atoms with Crippen LogP contribution in [0.15, 0.2) is 35.9 Å². The van der Waals surface area contributed by atoms with Crippen molar-refractivity contribution in [3.8, 4) is 5.75 Å². The number of rotatable bonds is 3. The number of allylic oxidation sites excluding steroid dienone is 3. The van der Waals surface area contributed by atoms with Gasteiger partial charge in [0.1, 0.15) is 11.4 Å². The molecule has 118 valence electrons. The minimum absolute atomic E-state index is 0.398. The van der Waals surface area contributed by atoms with Gasteiger partial charge in [-0.3, -0.25) is 9.59 Å². The van der Waals surface area contributed by atoms with E-state index in [4.69, 9.17) is 4.74 Å². The average molecular weight is 308 g/mol. The van der Waals surface area contributed by atoms with Gasteiger partial charge in [0.15, 0.2) is 0 Å². The molecule has 1 aromatic carbocycles. The van der Waals surface area contributed by atoms with E-state index in [0.717, 1.165) is 18.4 Å². The second-order valence-electron chi connectivity index (χ2n) is 6.54. The number of hydrogen-bond donors (Lipinski definition) is 0. The summed E-state index contributed by atoms with van der Waals surface area (Å²) in [6.45, 7) is 6.20. The van der Waals surface area contributed by atoms with Gasteiger partial charge in [0.25, 0.3) is 0 Å². The Balaban J connectivity index is 1.93. The van der Waals surface area contributed by atoms with Crippen LogP contribution in [-0.2, 0) is 4.79 Å². The topological polar surface area (TPSA) is 43.4 Å². The summed E-state index contributed by atoms with van der Waals surface area (Å²) >= 11 is 0. The smallest absolute Gasteiger partial charge is 0.234 e. The number of benzene rings is 1. The maximum Gasteiger partial charge on any atom is 0.234 e. The van der Waals surface area contributed by atoms with E-state index in [1.165, 1.54) is 11.6 Å². The molecule has 3 nitrogen and oxygen atoms in total. The van der Waals surface area contributed by atoms with Gasteiger partial charge in [-0.25, -0.2) is 0 Å². The third kappa shape index (κ3) is 2.91. The van der Waals surface area contributed by atoms with E-state index in [9.17, 15) is 9.59 Å². The van der Waals surface area contributed by atoms with Crippen molar-refractivity contribution in [3.63, 3.8) is 0 Å². The van der Waals surface area contributed by atoms with Gasteiger partial charge < -0.3 is 4.74 Å². The minimum Gasteiger partial charge on any atom is -0.483 e. The zero-order valence-corrected chi connectivity index (χ0v) is 13.7. The molecule has 0 saturated heterocycles. The molecule has 23 heavy (non-hydrogen) atoms. The van der Waals surface area contributed by atoms with Crippen LogP contribution in [0.25, 0.3) is 12.2 Å². The fourth-order valence-corrected chi connectivity index (χ4v) is 2.96. The molecule has 0 saturated carbocycles. The Kier molecular flexibility index (Phi) is 3.80. The van der Waals surface area contributed by atoms with Crippen molar-refractivity contribution >= 4 is 23.7 Å². The van der Waals surface area contributed by atoms with E-state index >= 15 is 0 Å². The molecule has 1 unspecified atom stereocenters. The van der Waals surface area contributed by atoms with Gasteiger partial charge in [-0.05, 0) is 57.4 Å². The zero-order valence-electron chi connectivity index (χ0n) is 13.7. The summed E-state index contributed by atoms with van der Waals surface area (Å²) in [7, 11) is 0. The molecule has 3 heteroatoms. The van der Waals surface area contributed by atoms with Gasteiger partial charge in [0.05, 0.1) is 0 Å². The number of hydrogen-bond acceptors (Lipinski definition) is 3. The van der Waals surface area contributed by atoms with Crippen LogP contribution in [0.5, 0.6) is 5.75 Å². The van der Waals surface area contributed by atoms with Crippen molar-refractivity contribution in [1.29, 1.82) is 0 Å². The first-order valence-corrected chi connectivity index (χ1v) is 7.85. The first-order valence-electron chi connectivity index (χ1n) is 7.85. The molecule has 1 aromatic rings. The standard InChI is InChI=1S/C20H20O3/c1-13(2)5-4-11-20(3)12-10-15-17(23-20)9-7-14-6-8-16(21)19(22)18(14)15/h5-10,12H,4,11H2,1-3H3.